The zero-order valence-corrected chi connectivity index (χ0v) is 14.0. The van der Waals surface area contributed by atoms with Crippen molar-refractivity contribution in [3.8, 4) is 6.07 Å². The summed E-state index contributed by atoms with van der Waals surface area (Å²) in [5, 5.41) is 21.4. The van der Waals surface area contributed by atoms with Crippen molar-refractivity contribution in [2.75, 3.05) is 0 Å². The highest BCUT2D eigenvalue weighted by Gasteiger charge is 2.11. The van der Waals surface area contributed by atoms with E-state index in [0.29, 0.717) is 12.1 Å². The second-order valence-electron chi connectivity index (χ2n) is 4.96. The average molecular weight is 341 g/mol. The highest BCUT2D eigenvalue weighted by Crippen LogP contribution is 2.25. The minimum atomic E-state index is -0.0249. The van der Waals surface area contributed by atoms with Crippen molar-refractivity contribution in [3.63, 3.8) is 0 Å². The summed E-state index contributed by atoms with van der Waals surface area (Å²) in [5.41, 5.74) is 2.57. The average Bonchev–Trinajstić information content (AvgIpc) is 3.23. The minimum Gasteiger partial charge on any atom is -0.390 e. The third-order valence-corrected chi connectivity index (χ3v) is 5.30. The van der Waals surface area contributed by atoms with Gasteiger partial charge in [-0.2, -0.15) is 5.26 Å². The summed E-state index contributed by atoms with van der Waals surface area (Å²) in [4.78, 5) is 5.66. The normalized spacial score (nSPS) is 10.6. The van der Waals surface area contributed by atoms with E-state index in [1.165, 1.54) is 4.88 Å². The zero-order valence-electron chi connectivity index (χ0n) is 12.3. The van der Waals surface area contributed by atoms with E-state index >= 15 is 0 Å². The van der Waals surface area contributed by atoms with Gasteiger partial charge in [0.1, 0.15) is 0 Å². The van der Waals surface area contributed by atoms with Gasteiger partial charge >= 0.3 is 0 Å². The Morgan fingerprint density at radius 2 is 2.22 bits per heavy atom. The monoisotopic (exact) mass is 341 g/mol. The van der Waals surface area contributed by atoms with Gasteiger partial charge in [-0.05, 0) is 29.1 Å². The van der Waals surface area contributed by atoms with Crippen molar-refractivity contribution < 1.29 is 5.11 Å². The van der Waals surface area contributed by atoms with E-state index in [-0.39, 0.29) is 6.61 Å². The molecule has 0 saturated heterocycles. The molecule has 2 aromatic heterocycles. The number of thioether (sulfide) groups is 1. The highest BCUT2D eigenvalue weighted by atomic mass is 32.2. The molecule has 0 aliphatic heterocycles. The Kier molecular flexibility index (Phi) is 5.13. The van der Waals surface area contributed by atoms with Gasteiger partial charge in [-0.25, -0.2) is 4.98 Å². The first kappa shape index (κ1) is 15.8. The van der Waals surface area contributed by atoms with Crippen LogP contribution >= 0.6 is 23.1 Å². The lowest BCUT2D eigenvalue weighted by Gasteiger charge is -2.09. The summed E-state index contributed by atoms with van der Waals surface area (Å²) < 4.78 is 2.05. The Balaban J connectivity index is 1.77. The molecule has 0 unspecified atom stereocenters. The molecule has 6 heteroatoms. The largest absolute Gasteiger partial charge is 0.390 e. The van der Waals surface area contributed by atoms with Crippen molar-refractivity contribution in [1.29, 1.82) is 5.26 Å². The number of benzene rings is 1. The van der Waals surface area contributed by atoms with Gasteiger partial charge in [0.25, 0.3) is 0 Å². The van der Waals surface area contributed by atoms with Crippen molar-refractivity contribution in [2.24, 2.45) is 0 Å². The quantitative estimate of drug-likeness (QED) is 0.695. The van der Waals surface area contributed by atoms with Crippen LogP contribution in [0.25, 0.3) is 0 Å². The van der Waals surface area contributed by atoms with Crippen LogP contribution in [0.15, 0.2) is 53.1 Å². The molecular weight excluding hydrogens is 326 g/mol. The summed E-state index contributed by atoms with van der Waals surface area (Å²) in [6.07, 6.45) is 1.72. The van der Waals surface area contributed by atoms with E-state index in [1.54, 1.807) is 35.4 Å². The van der Waals surface area contributed by atoms with Crippen LogP contribution in [0.3, 0.4) is 0 Å². The lowest BCUT2D eigenvalue weighted by atomic mass is 10.2. The molecule has 1 N–H and O–H groups in total. The van der Waals surface area contributed by atoms with Gasteiger partial charge in [0.05, 0.1) is 36.7 Å². The van der Waals surface area contributed by atoms with Crippen LogP contribution in [0.2, 0.25) is 0 Å². The van der Waals surface area contributed by atoms with E-state index in [9.17, 15) is 5.11 Å². The van der Waals surface area contributed by atoms with Gasteiger partial charge < -0.3 is 9.67 Å². The molecule has 0 radical (unpaired) electrons. The molecule has 3 aromatic rings. The second kappa shape index (κ2) is 7.47. The van der Waals surface area contributed by atoms with Crippen LogP contribution in [0.1, 0.15) is 21.7 Å². The maximum atomic E-state index is 9.51. The Morgan fingerprint density at radius 1 is 1.30 bits per heavy atom. The first-order valence-corrected chi connectivity index (χ1v) is 8.96. The molecule has 2 heterocycles. The summed E-state index contributed by atoms with van der Waals surface area (Å²) in [5.74, 6) is 0.738. The van der Waals surface area contributed by atoms with Crippen LogP contribution in [0.4, 0.5) is 0 Å². The van der Waals surface area contributed by atoms with Gasteiger partial charge in [-0.15, -0.1) is 11.3 Å². The van der Waals surface area contributed by atoms with Gasteiger partial charge in [0.2, 0.25) is 0 Å². The Labute approximate surface area is 143 Å². The van der Waals surface area contributed by atoms with E-state index in [4.69, 9.17) is 5.26 Å². The maximum Gasteiger partial charge on any atom is 0.168 e. The van der Waals surface area contributed by atoms with E-state index in [2.05, 4.69) is 17.1 Å². The van der Waals surface area contributed by atoms with Crippen molar-refractivity contribution >= 4 is 23.1 Å². The Bertz CT molecular complexity index is 819. The SMILES string of the molecule is N#Cc1cccc(CSc2ncc(CO)n2Cc2cccs2)c1. The minimum absolute atomic E-state index is 0.0249. The molecule has 0 saturated carbocycles. The van der Waals surface area contributed by atoms with E-state index in [1.807, 2.05) is 34.2 Å². The number of nitrogens with zero attached hydrogens (tertiary/aromatic N) is 3. The third kappa shape index (κ3) is 3.82. The smallest absolute Gasteiger partial charge is 0.168 e. The number of imidazole rings is 1. The van der Waals surface area contributed by atoms with Crippen molar-refractivity contribution in [2.45, 2.75) is 24.1 Å². The number of thiophene rings is 1. The summed E-state index contributed by atoms with van der Waals surface area (Å²) in [6.45, 7) is 0.691. The number of nitriles is 1. The molecule has 3 rings (SSSR count). The topological polar surface area (TPSA) is 61.8 Å². The van der Waals surface area contributed by atoms with Crippen LogP contribution in [-0.4, -0.2) is 14.7 Å². The molecule has 0 atom stereocenters. The summed E-state index contributed by atoms with van der Waals surface area (Å²) in [7, 11) is 0. The molecule has 0 amide bonds. The number of hydrogen-bond donors (Lipinski definition) is 1. The van der Waals surface area contributed by atoms with E-state index in [0.717, 1.165) is 22.2 Å². The molecule has 0 spiro atoms. The fourth-order valence-electron chi connectivity index (χ4n) is 2.24. The zero-order chi connectivity index (χ0) is 16.1. The fourth-order valence-corrected chi connectivity index (χ4v) is 3.87. The van der Waals surface area contributed by atoms with Crippen molar-refractivity contribution in [1.82, 2.24) is 9.55 Å². The van der Waals surface area contributed by atoms with Crippen LogP contribution < -0.4 is 0 Å². The number of hydrogen-bond acceptors (Lipinski definition) is 5. The molecule has 0 bridgehead atoms. The summed E-state index contributed by atoms with van der Waals surface area (Å²) in [6, 6.07) is 13.9. The van der Waals surface area contributed by atoms with Crippen LogP contribution in [0.5, 0.6) is 0 Å². The predicted molar refractivity (Wildman–Crippen MR) is 92.3 cm³/mol. The van der Waals surface area contributed by atoms with Gasteiger partial charge in [-0.1, -0.05) is 30.0 Å². The van der Waals surface area contributed by atoms with Crippen LogP contribution in [-0.2, 0) is 18.9 Å². The maximum absolute atomic E-state index is 9.51. The van der Waals surface area contributed by atoms with E-state index < -0.39 is 0 Å². The standard InChI is InChI=1S/C17H15N3OS2/c18-8-13-3-1-4-14(7-13)12-23-17-19-9-15(11-21)20(17)10-16-5-2-6-22-16/h1-7,9,21H,10-12H2. The summed E-state index contributed by atoms with van der Waals surface area (Å²) >= 11 is 3.31. The third-order valence-electron chi connectivity index (χ3n) is 3.38. The predicted octanol–water partition coefficient (Wildman–Crippen LogP) is 3.65. The molecular formula is C17H15N3OS2. The van der Waals surface area contributed by atoms with Crippen LogP contribution in [0, 0.1) is 11.3 Å². The first-order chi connectivity index (χ1) is 11.3. The number of rotatable bonds is 6. The van der Waals surface area contributed by atoms with Gasteiger partial charge in [-0.3, -0.25) is 0 Å². The highest BCUT2D eigenvalue weighted by molar-refractivity contribution is 7.98. The lowest BCUT2D eigenvalue weighted by molar-refractivity contribution is 0.270. The second-order valence-corrected chi connectivity index (χ2v) is 6.93. The molecule has 0 fully saturated rings. The molecule has 1 aromatic carbocycles. The fraction of sp³-hybridized carbons (Fsp3) is 0.176. The number of aliphatic hydroxyl groups is 1. The lowest BCUT2D eigenvalue weighted by Crippen LogP contribution is -2.05. The Hall–Kier alpha value is -2.07. The Morgan fingerprint density at radius 3 is 2.96 bits per heavy atom. The molecule has 0 aliphatic rings. The molecule has 0 aliphatic carbocycles. The van der Waals surface area contributed by atoms with Gasteiger partial charge in [0.15, 0.2) is 5.16 Å². The molecule has 4 nitrogen and oxygen atoms in total. The van der Waals surface area contributed by atoms with Gasteiger partial charge in [0, 0.05) is 10.6 Å². The number of aromatic nitrogens is 2. The number of aliphatic hydroxyl groups excluding tert-OH is 1. The molecule has 116 valence electrons. The van der Waals surface area contributed by atoms with Crippen molar-refractivity contribution in [3.05, 3.63) is 69.7 Å². The first-order valence-electron chi connectivity index (χ1n) is 7.09. The molecule has 23 heavy (non-hydrogen) atoms.